The summed E-state index contributed by atoms with van der Waals surface area (Å²) in [6.07, 6.45) is 5.95. The van der Waals surface area contributed by atoms with Gasteiger partial charge >= 0.3 is 0 Å². The number of carbonyl (C=O) groups excluding carboxylic acids is 2. The number of nitrogens with one attached hydrogen (secondary N) is 2. The van der Waals surface area contributed by atoms with Crippen LogP contribution in [0.15, 0.2) is 30.6 Å². The summed E-state index contributed by atoms with van der Waals surface area (Å²) in [5.74, 6) is -0.343. The molecule has 0 saturated heterocycles. The van der Waals surface area contributed by atoms with Crippen LogP contribution >= 0.6 is 11.6 Å². The minimum atomic E-state index is -0.203. The average molecular weight is 347 g/mol. The van der Waals surface area contributed by atoms with E-state index in [9.17, 15) is 9.59 Å². The topological polar surface area (TPSA) is 76.0 Å². The molecule has 1 aliphatic carbocycles. The molecule has 24 heavy (non-hydrogen) atoms. The first kappa shape index (κ1) is 16.5. The fourth-order valence-electron chi connectivity index (χ4n) is 2.30. The van der Waals surface area contributed by atoms with Gasteiger partial charge in [-0.15, -0.1) is 0 Å². The highest BCUT2D eigenvalue weighted by molar-refractivity contribution is 6.34. The van der Waals surface area contributed by atoms with E-state index in [0.717, 1.165) is 18.4 Å². The van der Waals surface area contributed by atoms with Gasteiger partial charge in [-0.2, -0.15) is 5.10 Å². The van der Waals surface area contributed by atoms with Crippen LogP contribution in [0.3, 0.4) is 0 Å². The predicted octanol–water partition coefficient (Wildman–Crippen LogP) is 2.77. The standard InChI is InChI=1S/C17H19ClN4O2/c1-11-9-19-22(10-11)7-6-16(23)20-13-4-5-15(18)14(8-13)17(24)21-12-2-3-12/h4-5,8-10,12H,2-3,6-7H2,1H3,(H,20,23)(H,21,24). The van der Waals surface area contributed by atoms with Crippen LogP contribution in [0.5, 0.6) is 0 Å². The summed E-state index contributed by atoms with van der Waals surface area (Å²) in [6.45, 7) is 2.45. The van der Waals surface area contributed by atoms with Crippen molar-refractivity contribution in [3.8, 4) is 0 Å². The zero-order chi connectivity index (χ0) is 17.1. The van der Waals surface area contributed by atoms with E-state index in [-0.39, 0.29) is 17.9 Å². The van der Waals surface area contributed by atoms with Crippen LogP contribution < -0.4 is 10.6 Å². The Morgan fingerprint density at radius 2 is 2.17 bits per heavy atom. The number of hydrogen-bond acceptors (Lipinski definition) is 3. The Morgan fingerprint density at radius 1 is 1.38 bits per heavy atom. The maximum absolute atomic E-state index is 12.1. The molecule has 0 radical (unpaired) electrons. The van der Waals surface area contributed by atoms with Crippen molar-refractivity contribution in [2.24, 2.45) is 0 Å². The third kappa shape index (κ3) is 4.35. The Hall–Kier alpha value is -2.34. The Kier molecular flexibility index (Phi) is 4.85. The predicted molar refractivity (Wildman–Crippen MR) is 92.2 cm³/mol. The summed E-state index contributed by atoms with van der Waals surface area (Å²) in [5, 5.41) is 10.2. The van der Waals surface area contributed by atoms with Crippen LogP contribution in [-0.2, 0) is 11.3 Å². The first-order valence-electron chi connectivity index (χ1n) is 7.90. The molecule has 2 aromatic rings. The van der Waals surface area contributed by atoms with Crippen molar-refractivity contribution in [3.63, 3.8) is 0 Å². The van der Waals surface area contributed by atoms with Gasteiger partial charge in [0, 0.05) is 30.9 Å². The number of aryl methyl sites for hydroxylation is 2. The first-order chi connectivity index (χ1) is 11.5. The second kappa shape index (κ2) is 7.05. The Labute approximate surface area is 145 Å². The maximum Gasteiger partial charge on any atom is 0.253 e. The Morgan fingerprint density at radius 3 is 2.83 bits per heavy atom. The van der Waals surface area contributed by atoms with Crippen molar-refractivity contribution in [1.29, 1.82) is 0 Å². The molecule has 7 heteroatoms. The lowest BCUT2D eigenvalue weighted by Gasteiger charge is -2.10. The third-order valence-electron chi connectivity index (χ3n) is 3.74. The minimum absolute atomic E-state index is 0.140. The van der Waals surface area contributed by atoms with Crippen LogP contribution in [0, 0.1) is 6.92 Å². The summed E-state index contributed by atoms with van der Waals surface area (Å²) in [4.78, 5) is 24.2. The average Bonchev–Trinajstić information content (AvgIpc) is 3.26. The lowest BCUT2D eigenvalue weighted by atomic mass is 10.1. The molecule has 2 amide bonds. The van der Waals surface area contributed by atoms with Crippen molar-refractivity contribution in [1.82, 2.24) is 15.1 Å². The molecule has 1 fully saturated rings. The van der Waals surface area contributed by atoms with Gasteiger partial charge in [0.2, 0.25) is 5.91 Å². The highest BCUT2D eigenvalue weighted by Gasteiger charge is 2.24. The minimum Gasteiger partial charge on any atom is -0.349 e. The van der Waals surface area contributed by atoms with Crippen LogP contribution in [0.2, 0.25) is 5.02 Å². The fraction of sp³-hybridized carbons (Fsp3) is 0.353. The number of nitrogens with zero attached hydrogens (tertiary/aromatic N) is 2. The molecular weight excluding hydrogens is 328 g/mol. The van der Waals surface area contributed by atoms with Crippen molar-refractivity contribution >= 4 is 29.1 Å². The molecule has 1 aromatic heterocycles. The smallest absolute Gasteiger partial charge is 0.253 e. The van der Waals surface area contributed by atoms with E-state index in [4.69, 9.17) is 11.6 Å². The van der Waals surface area contributed by atoms with Gasteiger partial charge in [0.1, 0.15) is 0 Å². The lowest BCUT2D eigenvalue weighted by Crippen LogP contribution is -2.25. The van der Waals surface area contributed by atoms with Gasteiger partial charge in [-0.25, -0.2) is 0 Å². The number of amides is 2. The maximum atomic E-state index is 12.1. The second-order valence-electron chi connectivity index (χ2n) is 6.02. The number of hydrogen-bond donors (Lipinski definition) is 2. The molecule has 126 valence electrons. The van der Waals surface area contributed by atoms with Crippen molar-refractivity contribution in [3.05, 3.63) is 46.7 Å². The molecule has 3 rings (SSSR count). The van der Waals surface area contributed by atoms with Gasteiger partial charge in [-0.3, -0.25) is 14.3 Å². The van der Waals surface area contributed by atoms with Gasteiger partial charge < -0.3 is 10.6 Å². The van der Waals surface area contributed by atoms with E-state index in [1.54, 1.807) is 29.1 Å². The van der Waals surface area contributed by atoms with Crippen molar-refractivity contribution in [2.45, 2.75) is 38.8 Å². The molecule has 0 atom stereocenters. The van der Waals surface area contributed by atoms with Crippen LogP contribution in [0.1, 0.15) is 35.2 Å². The van der Waals surface area contributed by atoms with E-state index in [2.05, 4.69) is 15.7 Å². The Balaban J connectivity index is 1.59. The molecule has 0 spiro atoms. The number of aromatic nitrogens is 2. The van der Waals surface area contributed by atoms with Gasteiger partial charge in [0.15, 0.2) is 0 Å². The first-order valence-corrected chi connectivity index (χ1v) is 8.28. The van der Waals surface area contributed by atoms with E-state index >= 15 is 0 Å². The zero-order valence-corrected chi connectivity index (χ0v) is 14.1. The van der Waals surface area contributed by atoms with E-state index in [0.29, 0.717) is 29.2 Å². The molecular formula is C17H19ClN4O2. The summed E-state index contributed by atoms with van der Waals surface area (Å²) in [6, 6.07) is 5.17. The quantitative estimate of drug-likeness (QED) is 0.844. The monoisotopic (exact) mass is 346 g/mol. The molecule has 0 bridgehead atoms. The summed E-state index contributed by atoms with van der Waals surface area (Å²) in [5.41, 5.74) is 1.99. The zero-order valence-electron chi connectivity index (χ0n) is 13.4. The second-order valence-corrected chi connectivity index (χ2v) is 6.43. The highest BCUT2D eigenvalue weighted by atomic mass is 35.5. The van der Waals surface area contributed by atoms with Gasteiger partial charge in [0.25, 0.3) is 5.91 Å². The SMILES string of the molecule is Cc1cnn(CCC(=O)Nc2ccc(Cl)c(C(=O)NC3CC3)c2)c1. The fourth-order valence-corrected chi connectivity index (χ4v) is 2.50. The van der Waals surface area contributed by atoms with Crippen LogP contribution in [0.25, 0.3) is 0 Å². The number of carbonyl (C=O) groups is 2. The molecule has 1 aromatic carbocycles. The summed E-state index contributed by atoms with van der Waals surface area (Å²) in [7, 11) is 0. The van der Waals surface area contributed by atoms with E-state index in [1.807, 2.05) is 13.1 Å². The molecule has 2 N–H and O–H groups in total. The third-order valence-corrected chi connectivity index (χ3v) is 4.07. The molecule has 0 unspecified atom stereocenters. The van der Waals surface area contributed by atoms with Crippen LogP contribution in [-0.4, -0.2) is 27.6 Å². The number of benzene rings is 1. The summed E-state index contributed by atoms with van der Waals surface area (Å²) < 4.78 is 1.73. The molecule has 1 saturated carbocycles. The van der Waals surface area contributed by atoms with Gasteiger partial charge in [-0.1, -0.05) is 11.6 Å². The Bertz CT molecular complexity index is 768. The van der Waals surface area contributed by atoms with E-state index < -0.39 is 0 Å². The highest BCUT2D eigenvalue weighted by Crippen LogP contribution is 2.24. The number of halogens is 1. The van der Waals surface area contributed by atoms with Crippen molar-refractivity contribution < 1.29 is 9.59 Å². The largest absolute Gasteiger partial charge is 0.349 e. The van der Waals surface area contributed by atoms with Crippen LogP contribution in [0.4, 0.5) is 5.69 Å². The molecule has 0 aliphatic heterocycles. The normalized spacial score (nSPS) is 13.6. The number of anilines is 1. The van der Waals surface area contributed by atoms with Crippen molar-refractivity contribution in [2.75, 3.05) is 5.32 Å². The number of rotatable bonds is 6. The van der Waals surface area contributed by atoms with Gasteiger partial charge in [0.05, 0.1) is 16.8 Å². The lowest BCUT2D eigenvalue weighted by molar-refractivity contribution is -0.116. The molecule has 1 aliphatic rings. The van der Waals surface area contributed by atoms with E-state index in [1.165, 1.54) is 0 Å². The molecule has 1 heterocycles. The molecule has 6 nitrogen and oxygen atoms in total. The van der Waals surface area contributed by atoms with Gasteiger partial charge in [-0.05, 0) is 43.5 Å². The summed E-state index contributed by atoms with van der Waals surface area (Å²) >= 11 is 6.09.